The van der Waals surface area contributed by atoms with Gasteiger partial charge in [0.05, 0.1) is 10.4 Å². The van der Waals surface area contributed by atoms with Gasteiger partial charge in [-0.1, -0.05) is 11.6 Å². The van der Waals surface area contributed by atoms with Crippen LogP contribution >= 0.6 is 22.9 Å². The Hall–Kier alpha value is -1.10. The number of ether oxygens (including phenoxy) is 1. The Morgan fingerprint density at radius 2 is 2.35 bits per heavy atom. The minimum atomic E-state index is -0.0375. The molecule has 1 aromatic heterocycles. The van der Waals surface area contributed by atoms with Crippen LogP contribution in [-0.2, 0) is 0 Å². The van der Waals surface area contributed by atoms with E-state index in [4.69, 9.17) is 22.1 Å². The van der Waals surface area contributed by atoms with Gasteiger partial charge in [-0.15, -0.1) is 11.3 Å². The third-order valence-corrected chi connectivity index (χ3v) is 3.98. The molecule has 2 aromatic rings. The predicted octanol–water partition coefficient (Wildman–Crippen LogP) is 3.32. The summed E-state index contributed by atoms with van der Waals surface area (Å²) in [6.07, 6.45) is 2.60. The fourth-order valence-electron chi connectivity index (χ4n) is 2.03. The molecule has 3 rings (SSSR count). The first-order valence-electron chi connectivity index (χ1n) is 5.34. The summed E-state index contributed by atoms with van der Waals surface area (Å²) in [4.78, 5) is 5.18. The van der Waals surface area contributed by atoms with Crippen molar-refractivity contribution in [3.8, 4) is 5.75 Å². The number of nitrogens with two attached hydrogens (primary N) is 1. The van der Waals surface area contributed by atoms with Crippen molar-refractivity contribution in [2.45, 2.75) is 18.6 Å². The molecule has 1 aromatic carbocycles. The molecule has 0 amide bonds. The van der Waals surface area contributed by atoms with E-state index in [1.165, 1.54) is 0 Å². The van der Waals surface area contributed by atoms with Crippen molar-refractivity contribution in [1.82, 2.24) is 4.98 Å². The van der Waals surface area contributed by atoms with Crippen LogP contribution in [0.4, 0.5) is 0 Å². The van der Waals surface area contributed by atoms with E-state index >= 15 is 0 Å². The Kier molecular flexibility index (Phi) is 2.78. The molecule has 88 valence electrons. The number of halogens is 1. The lowest BCUT2D eigenvalue weighted by Crippen LogP contribution is -2.23. The first-order valence-corrected chi connectivity index (χ1v) is 6.60. The summed E-state index contributed by atoms with van der Waals surface area (Å²) in [5.74, 6) is 0.826. The van der Waals surface area contributed by atoms with Crippen molar-refractivity contribution in [2.75, 3.05) is 0 Å². The quantitative estimate of drug-likeness (QED) is 0.861. The average molecular weight is 267 g/mol. The molecule has 3 nitrogen and oxygen atoms in total. The molecular weight excluding hydrogens is 256 g/mol. The molecule has 17 heavy (non-hydrogen) atoms. The Labute approximate surface area is 108 Å². The molecule has 0 saturated heterocycles. The second kappa shape index (κ2) is 4.29. The number of nitrogens with zero attached hydrogens (tertiary/aromatic N) is 1. The van der Waals surface area contributed by atoms with Crippen LogP contribution in [-0.4, -0.2) is 4.98 Å². The van der Waals surface area contributed by atoms with Crippen molar-refractivity contribution in [2.24, 2.45) is 5.73 Å². The van der Waals surface area contributed by atoms with E-state index in [2.05, 4.69) is 4.98 Å². The summed E-state index contributed by atoms with van der Waals surface area (Å²) in [5, 5.41) is 0.694. The van der Waals surface area contributed by atoms with E-state index < -0.39 is 0 Å². The third kappa shape index (κ3) is 2.04. The molecule has 1 aliphatic heterocycles. The monoisotopic (exact) mass is 266 g/mol. The second-order valence-corrected chi connectivity index (χ2v) is 5.39. The van der Waals surface area contributed by atoms with E-state index in [0.29, 0.717) is 5.02 Å². The molecule has 0 fully saturated rings. The number of aromatic nitrogens is 1. The number of rotatable bonds is 1. The molecule has 5 heteroatoms. The second-order valence-electron chi connectivity index (χ2n) is 4.03. The molecule has 2 atom stereocenters. The van der Waals surface area contributed by atoms with Crippen LogP contribution in [0.25, 0.3) is 0 Å². The van der Waals surface area contributed by atoms with Crippen molar-refractivity contribution < 1.29 is 4.74 Å². The molecule has 1 unspecified atom stereocenters. The summed E-state index contributed by atoms with van der Waals surface area (Å²) in [6.45, 7) is 0. The molecule has 0 spiro atoms. The Balaban J connectivity index is 1.96. The van der Waals surface area contributed by atoms with Crippen LogP contribution in [0.5, 0.6) is 5.75 Å². The summed E-state index contributed by atoms with van der Waals surface area (Å²) in [6, 6.07) is 5.54. The van der Waals surface area contributed by atoms with E-state index in [0.717, 1.165) is 22.6 Å². The van der Waals surface area contributed by atoms with Gasteiger partial charge in [0.25, 0.3) is 0 Å². The van der Waals surface area contributed by atoms with Gasteiger partial charge in [-0.2, -0.15) is 0 Å². The topological polar surface area (TPSA) is 48.1 Å². The fourth-order valence-corrected chi connectivity index (χ4v) is 2.88. The highest BCUT2D eigenvalue weighted by atomic mass is 35.5. The van der Waals surface area contributed by atoms with Crippen LogP contribution < -0.4 is 10.5 Å². The number of thiazole rings is 1. The summed E-state index contributed by atoms with van der Waals surface area (Å²) < 4.78 is 5.93. The van der Waals surface area contributed by atoms with Gasteiger partial charge in [-0.05, 0) is 18.2 Å². The van der Waals surface area contributed by atoms with Gasteiger partial charge >= 0.3 is 0 Å². The summed E-state index contributed by atoms with van der Waals surface area (Å²) in [7, 11) is 0. The third-order valence-electron chi connectivity index (χ3n) is 2.88. The minimum Gasteiger partial charge on any atom is -0.484 e. The van der Waals surface area contributed by atoms with E-state index in [1.807, 2.05) is 29.9 Å². The first-order chi connectivity index (χ1) is 8.24. The molecule has 0 aliphatic carbocycles. The van der Waals surface area contributed by atoms with Crippen LogP contribution in [0.15, 0.2) is 29.9 Å². The average Bonchev–Trinajstić information content (AvgIpc) is 2.83. The minimum absolute atomic E-state index is 0.00572. The van der Waals surface area contributed by atoms with Crippen LogP contribution in [0.1, 0.15) is 29.0 Å². The molecule has 0 radical (unpaired) electrons. The van der Waals surface area contributed by atoms with Crippen LogP contribution in [0.2, 0.25) is 5.02 Å². The summed E-state index contributed by atoms with van der Waals surface area (Å²) in [5.41, 5.74) is 8.95. The Morgan fingerprint density at radius 1 is 1.47 bits per heavy atom. The van der Waals surface area contributed by atoms with Gasteiger partial charge in [0, 0.05) is 29.2 Å². The Bertz CT molecular complexity index is 529. The lowest BCUT2D eigenvalue weighted by molar-refractivity contribution is 0.165. The molecule has 2 heterocycles. The van der Waals surface area contributed by atoms with E-state index in [-0.39, 0.29) is 12.1 Å². The first kappa shape index (κ1) is 11.0. The number of benzene rings is 1. The maximum absolute atomic E-state index is 6.16. The van der Waals surface area contributed by atoms with E-state index in [1.54, 1.807) is 11.3 Å². The predicted molar refractivity (Wildman–Crippen MR) is 68.5 cm³/mol. The van der Waals surface area contributed by atoms with E-state index in [9.17, 15) is 0 Å². The number of fused-ring (bicyclic) bond motifs is 1. The zero-order valence-electron chi connectivity index (χ0n) is 8.97. The van der Waals surface area contributed by atoms with Gasteiger partial charge in [0.15, 0.2) is 0 Å². The molecule has 1 aliphatic rings. The van der Waals surface area contributed by atoms with Crippen molar-refractivity contribution >= 4 is 22.9 Å². The lowest BCUT2D eigenvalue weighted by atomic mass is 9.97. The molecular formula is C12H11ClN2OS. The van der Waals surface area contributed by atoms with Gasteiger partial charge in [-0.25, -0.2) is 0 Å². The van der Waals surface area contributed by atoms with Gasteiger partial charge in [0.2, 0.25) is 0 Å². The van der Waals surface area contributed by atoms with Crippen LogP contribution in [0, 0.1) is 0 Å². The Morgan fingerprint density at radius 3 is 3.12 bits per heavy atom. The highest BCUT2D eigenvalue weighted by molar-refractivity contribution is 7.09. The largest absolute Gasteiger partial charge is 0.484 e. The highest BCUT2D eigenvalue weighted by Crippen LogP contribution is 2.41. The fraction of sp³-hybridized carbons (Fsp3) is 0.250. The smallest absolute Gasteiger partial charge is 0.136 e. The van der Waals surface area contributed by atoms with Gasteiger partial charge in [0.1, 0.15) is 11.9 Å². The SMILES string of the molecule is N[C@H]1CC(c2cncs2)Oc2ccc(Cl)cc21. The highest BCUT2D eigenvalue weighted by Gasteiger charge is 2.27. The summed E-state index contributed by atoms with van der Waals surface area (Å²) >= 11 is 7.55. The zero-order valence-corrected chi connectivity index (χ0v) is 10.5. The van der Waals surface area contributed by atoms with Crippen LogP contribution in [0.3, 0.4) is 0 Å². The van der Waals surface area contributed by atoms with Crippen molar-refractivity contribution in [3.05, 3.63) is 45.4 Å². The van der Waals surface area contributed by atoms with Crippen molar-refractivity contribution in [3.63, 3.8) is 0 Å². The maximum atomic E-state index is 6.16. The van der Waals surface area contributed by atoms with Crippen molar-refractivity contribution in [1.29, 1.82) is 0 Å². The lowest BCUT2D eigenvalue weighted by Gasteiger charge is -2.29. The standard InChI is InChI=1S/C12H11ClN2OS/c13-7-1-2-10-8(3-7)9(14)4-11(16-10)12-5-15-6-17-12/h1-3,5-6,9,11H,4,14H2/t9-,11?/m0/s1. The normalized spacial score (nSPS) is 22.9. The molecule has 0 bridgehead atoms. The number of hydrogen-bond acceptors (Lipinski definition) is 4. The van der Waals surface area contributed by atoms with Gasteiger partial charge in [-0.3, -0.25) is 4.98 Å². The molecule has 2 N–H and O–H groups in total. The zero-order chi connectivity index (χ0) is 11.8. The van der Waals surface area contributed by atoms with Gasteiger partial charge < -0.3 is 10.5 Å². The maximum Gasteiger partial charge on any atom is 0.136 e. The number of hydrogen-bond donors (Lipinski definition) is 1. The molecule has 0 saturated carbocycles.